The van der Waals surface area contributed by atoms with Crippen LogP contribution in [0.3, 0.4) is 0 Å². The van der Waals surface area contributed by atoms with Crippen LogP contribution < -0.4 is 19.7 Å². The number of hydrogen-bond acceptors (Lipinski definition) is 7. The summed E-state index contributed by atoms with van der Waals surface area (Å²) in [6.45, 7) is 2.00. The zero-order valence-electron chi connectivity index (χ0n) is 17.6. The van der Waals surface area contributed by atoms with E-state index in [2.05, 4.69) is 5.32 Å². The summed E-state index contributed by atoms with van der Waals surface area (Å²) in [5.74, 6) is 0.596. The minimum absolute atomic E-state index is 0.101. The van der Waals surface area contributed by atoms with Crippen molar-refractivity contribution < 1.29 is 32.4 Å². The van der Waals surface area contributed by atoms with Crippen LogP contribution in [0.4, 0.5) is 24.5 Å². The Balaban J connectivity index is 1.39. The van der Waals surface area contributed by atoms with Gasteiger partial charge in [-0.2, -0.15) is 13.2 Å². The Hall–Kier alpha value is -3.61. The Kier molecular flexibility index (Phi) is 6.46. The van der Waals surface area contributed by atoms with Gasteiger partial charge in [0.25, 0.3) is 11.6 Å². The quantitative estimate of drug-likeness (QED) is 0.393. The van der Waals surface area contributed by atoms with E-state index >= 15 is 0 Å². The summed E-state index contributed by atoms with van der Waals surface area (Å²) in [6.07, 6.45) is -4.68. The average Bonchev–Trinajstić information content (AvgIpc) is 2.82. The van der Waals surface area contributed by atoms with E-state index in [9.17, 15) is 28.1 Å². The topological polar surface area (TPSA) is 97.2 Å². The van der Waals surface area contributed by atoms with Crippen molar-refractivity contribution in [1.82, 2.24) is 10.2 Å². The first-order valence-corrected chi connectivity index (χ1v) is 10.6. The molecule has 0 bridgehead atoms. The number of carbonyl (C=O) groups is 1. The number of hydrogen-bond donors (Lipinski definition) is 1. The first kappa shape index (κ1) is 23.5. The third-order valence-electron chi connectivity index (χ3n) is 5.43. The summed E-state index contributed by atoms with van der Waals surface area (Å²) >= 11 is 5.34. The molecule has 0 aromatic heterocycles. The fraction of sp³-hybridized carbons (Fsp3) is 0.333. The van der Waals surface area contributed by atoms with Crippen molar-refractivity contribution in [3.63, 3.8) is 0 Å². The molecule has 180 valence electrons. The molecule has 0 unspecified atom stereocenters. The average molecular weight is 496 g/mol. The molecule has 0 atom stereocenters. The molecule has 34 heavy (non-hydrogen) atoms. The first-order chi connectivity index (χ1) is 16.1. The van der Waals surface area contributed by atoms with Crippen molar-refractivity contribution >= 4 is 34.6 Å². The second kappa shape index (κ2) is 9.33. The largest absolute Gasteiger partial charge is 0.486 e. The summed E-state index contributed by atoms with van der Waals surface area (Å²) in [6, 6.07) is 7.27. The Morgan fingerprint density at radius 3 is 2.35 bits per heavy atom. The number of anilines is 1. The number of nitro groups is 1. The molecule has 2 aromatic carbocycles. The van der Waals surface area contributed by atoms with Crippen LogP contribution >= 0.6 is 12.2 Å². The van der Waals surface area contributed by atoms with Gasteiger partial charge in [0.1, 0.15) is 18.9 Å². The highest BCUT2D eigenvalue weighted by molar-refractivity contribution is 7.80. The van der Waals surface area contributed by atoms with E-state index < -0.39 is 28.3 Å². The smallest absolute Gasteiger partial charge is 0.416 e. The zero-order valence-corrected chi connectivity index (χ0v) is 18.4. The van der Waals surface area contributed by atoms with Crippen molar-refractivity contribution in [3.8, 4) is 11.5 Å². The van der Waals surface area contributed by atoms with Gasteiger partial charge in [-0.1, -0.05) is 0 Å². The molecular formula is C21H19F3N4O5S. The molecule has 0 spiro atoms. The molecule has 13 heteroatoms. The highest BCUT2D eigenvalue weighted by atomic mass is 32.1. The number of alkyl halides is 3. The van der Waals surface area contributed by atoms with Gasteiger partial charge in [0.2, 0.25) is 0 Å². The number of piperazine rings is 1. The normalized spacial score (nSPS) is 15.6. The standard InChI is InChI=1S/C21H19F3N4O5S/c22-21(23,24)14-2-3-15(16(12-14)28(30)31)26-5-7-27(8-6-26)20(34)25-19(29)13-1-4-17-18(11-13)33-10-9-32-17/h1-4,11-12H,5-10H2,(H,25,29,34). The predicted molar refractivity (Wildman–Crippen MR) is 119 cm³/mol. The van der Waals surface area contributed by atoms with Crippen LogP contribution in [0.25, 0.3) is 0 Å². The number of benzene rings is 2. The van der Waals surface area contributed by atoms with Crippen LogP contribution in [-0.2, 0) is 6.18 Å². The molecule has 2 heterocycles. The molecule has 4 rings (SSSR count). The molecule has 1 N–H and O–H groups in total. The number of carbonyl (C=O) groups excluding carboxylic acids is 1. The number of nitrogens with one attached hydrogen (secondary N) is 1. The van der Waals surface area contributed by atoms with Crippen LogP contribution in [0, 0.1) is 10.1 Å². The van der Waals surface area contributed by atoms with E-state index in [-0.39, 0.29) is 23.9 Å². The molecule has 1 fully saturated rings. The minimum Gasteiger partial charge on any atom is -0.486 e. The molecule has 2 aliphatic heterocycles. The van der Waals surface area contributed by atoms with Crippen LogP contribution in [0.2, 0.25) is 0 Å². The number of amides is 1. The van der Waals surface area contributed by atoms with Crippen molar-refractivity contribution in [1.29, 1.82) is 0 Å². The fourth-order valence-corrected chi connectivity index (χ4v) is 3.97. The lowest BCUT2D eigenvalue weighted by Gasteiger charge is -2.37. The van der Waals surface area contributed by atoms with Crippen molar-refractivity contribution in [3.05, 3.63) is 57.6 Å². The van der Waals surface area contributed by atoms with Gasteiger partial charge in [0.15, 0.2) is 16.6 Å². The summed E-state index contributed by atoms with van der Waals surface area (Å²) in [5.41, 5.74) is -1.25. The summed E-state index contributed by atoms with van der Waals surface area (Å²) in [5, 5.41) is 14.2. The number of nitro benzene ring substituents is 1. The lowest BCUT2D eigenvalue weighted by Crippen LogP contribution is -2.52. The number of nitrogens with zero attached hydrogens (tertiary/aromatic N) is 3. The number of thiocarbonyl (C=S) groups is 1. The Labute approximate surface area is 197 Å². The molecule has 0 radical (unpaired) electrons. The second-order valence-corrected chi connectivity index (χ2v) is 7.94. The lowest BCUT2D eigenvalue weighted by atomic mass is 10.1. The Morgan fingerprint density at radius 2 is 1.71 bits per heavy atom. The van der Waals surface area contributed by atoms with Gasteiger partial charge in [-0.3, -0.25) is 20.2 Å². The fourth-order valence-electron chi connectivity index (χ4n) is 3.70. The molecular weight excluding hydrogens is 477 g/mol. The molecule has 2 aliphatic rings. The van der Waals surface area contributed by atoms with Gasteiger partial charge in [0, 0.05) is 37.8 Å². The van der Waals surface area contributed by atoms with E-state index in [1.807, 2.05) is 0 Å². The Morgan fingerprint density at radius 1 is 1.03 bits per heavy atom. The summed E-state index contributed by atoms with van der Waals surface area (Å²) < 4.78 is 49.8. The number of ether oxygens (including phenoxy) is 2. The third-order valence-corrected chi connectivity index (χ3v) is 5.79. The van der Waals surface area contributed by atoms with E-state index in [1.54, 1.807) is 28.0 Å². The van der Waals surface area contributed by atoms with Crippen molar-refractivity contribution in [2.24, 2.45) is 0 Å². The van der Waals surface area contributed by atoms with Gasteiger partial charge in [-0.25, -0.2) is 0 Å². The van der Waals surface area contributed by atoms with E-state index in [0.29, 0.717) is 49.4 Å². The van der Waals surface area contributed by atoms with Crippen molar-refractivity contribution in [2.75, 3.05) is 44.3 Å². The second-order valence-electron chi connectivity index (χ2n) is 7.55. The summed E-state index contributed by atoms with van der Waals surface area (Å²) in [4.78, 5) is 26.5. The molecule has 1 saturated heterocycles. The van der Waals surface area contributed by atoms with Crippen LogP contribution in [-0.4, -0.2) is 60.2 Å². The SMILES string of the molecule is O=C(NC(=S)N1CCN(c2ccc(C(F)(F)F)cc2[N+](=O)[O-])CC1)c1ccc2c(c1)OCCO2. The Bertz CT molecular complexity index is 1140. The molecule has 2 aromatic rings. The number of halogens is 3. The number of fused-ring (bicyclic) bond motifs is 1. The zero-order chi connectivity index (χ0) is 24.5. The highest BCUT2D eigenvalue weighted by Gasteiger charge is 2.34. The van der Waals surface area contributed by atoms with E-state index in [0.717, 1.165) is 12.1 Å². The van der Waals surface area contributed by atoms with Crippen LogP contribution in [0.15, 0.2) is 36.4 Å². The van der Waals surface area contributed by atoms with Gasteiger partial charge in [-0.05, 0) is 42.5 Å². The van der Waals surface area contributed by atoms with Gasteiger partial charge in [-0.15, -0.1) is 0 Å². The number of rotatable bonds is 3. The minimum atomic E-state index is -4.68. The van der Waals surface area contributed by atoms with E-state index in [1.165, 1.54) is 0 Å². The van der Waals surface area contributed by atoms with E-state index in [4.69, 9.17) is 21.7 Å². The highest BCUT2D eigenvalue weighted by Crippen LogP contribution is 2.37. The van der Waals surface area contributed by atoms with Crippen LogP contribution in [0.1, 0.15) is 15.9 Å². The summed E-state index contributed by atoms with van der Waals surface area (Å²) in [7, 11) is 0. The predicted octanol–water partition coefficient (Wildman–Crippen LogP) is 3.22. The maximum Gasteiger partial charge on any atom is 0.416 e. The maximum atomic E-state index is 13.0. The molecule has 0 saturated carbocycles. The molecule has 9 nitrogen and oxygen atoms in total. The van der Waals surface area contributed by atoms with Crippen molar-refractivity contribution in [2.45, 2.75) is 6.18 Å². The first-order valence-electron chi connectivity index (χ1n) is 10.2. The monoisotopic (exact) mass is 496 g/mol. The van der Waals surface area contributed by atoms with Gasteiger partial charge >= 0.3 is 6.18 Å². The van der Waals surface area contributed by atoms with Gasteiger partial charge < -0.3 is 19.3 Å². The molecule has 1 amide bonds. The van der Waals surface area contributed by atoms with Crippen LogP contribution in [0.5, 0.6) is 11.5 Å². The lowest BCUT2D eigenvalue weighted by molar-refractivity contribution is -0.384. The third kappa shape index (κ3) is 4.98. The van der Waals surface area contributed by atoms with Gasteiger partial charge in [0.05, 0.1) is 10.5 Å². The molecule has 0 aliphatic carbocycles. The maximum absolute atomic E-state index is 13.0.